The molecule has 1 heterocycles. The highest BCUT2D eigenvalue weighted by Gasteiger charge is 2.33. The molecule has 0 saturated carbocycles. The molecule has 0 amide bonds. The number of benzene rings is 2. The van der Waals surface area contributed by atoms with Crippen molar-refractivity contribution in [2.45, 2.75) is 64.2 Å². The number of nitrogens with zero attached hydrogens (tertiary/aromatic N) is 1. The number of likely N-dealkylation sites (tertiary alicyclic amines) is 1. The van der Waals surface area contributed by atoms with E-state index in [1.807, 2.05) is 0 Å². The lowest BCUT2D eigenvalue weighted by Gasteiger charge is -2.39. The number of hydrogen-bond acceptors (Lipinski definition) is 2. The average molecular weight is 434 g/mol. The van der Waals surface area contributed by atoms with Crippen LogP contribution in [0, 0.1) is 5.92 Å². The topological polar surface area (TPSA) is 40.5 Å². The van der Waals surface area contributed by atoms with Crippen LogP contribution in [0.25, 0.3) is 0 Å². The maximum atomic E-state index is 13.0. The van der Waals surface area contributed by atoms with E-state index < -0.39 is 17.7 Å². The fourth-order valence-corrected chi connectivity index (χ4v) is 4.29. The second-order valence-electron chi connectivity index (χ2n) is 9.54. The molecule has 3 rings (SSSR count). The molecule has 0 unspecified atom stereocenters. The first-order chi connectivity index (χ1) is 14.4. The van der Waals surface area contributed by atoms with E-state index >= 15 is 0 Å². The molecule has 0 radical (unpaired) electrons. The fourth-order valence-electron chi connectivity index (χ4n) is 4.29. The number of piperidine rings is 1. The van der Waals surface area contributed by atoms with E-state index in [1.165, 1.54) is 17.7 Å². The van der Waals surface area contributed by atoms with E-state index in [1.54, 1.807) is 0 Å². The summed E-state index contributed by atoms with van der Waals surface area (Å²) in [6.07, 6.45) is -2.89. The number of rotatable bonds is 5. The molecular formula is C25H30F3NO2. The summed E-state index contributed by atoms with van der Waals surface area (Å²) in [5.74, 6) is -0.813. The van der Waals surface area contributed by atoms with Crippen LogP contribution in [-0.4, -0.2) is 22.5 Å². The molecule has 0 spiro atoms. The van der Waals surface area contributed by atoms with Gasteiger partial charge in [-0.3, -0.25) is 9.69 Å². The van der Waals surface area contributed by atoms with Gasteiger partial charge in [0.2, 0.25) is 0 Å². The Morgan fingerprint density at radius 2 is 1.58 bits per heavy atom. The molecule has 0 bridgehead atoms. The summed E-state index contributed by atoms with van der Waals surface area (Å²) in [5.41, 5.74) is 2.58. The maximum absolute atomic E-state index is 13.0. The minimum atomic E-state index is -4.37. The van der Waals surface area contributed by atoms with Gasteiger partial charge in [0, 0.05) is 19.0 Å². The van der Waals surface area contributed by atoms with Gasteiger partial charge in [0.15, 0.2) is 0 Å². The normalized spacial score (nSPS) is 20.6. The molecule has 31 heavy (non-hydrogen) atoms. The largest absolute Gasteiger partial charge is 0.481 e. The van der Waals surface area contributed by atoms with Gasteiger partial charge in [-0.2, -0.15) is 13.2 Å². The van der Waals surface area contributed by atoms with Crippen LogP contribution < -0.4 is 0 Å². The SMILES string of the molecule is CC(C)(C)c1ccc(CN2CC[C@H](CC(=O)O)C[C@@H]2c2ccc(C(F)(F)F)cc2)cc1. The highest BCUT2D eigenvalue weighted by Crippen LogP contribution is 2.38. The number of carboxylic acids is 1. The van der Waals surface area contributed by atoms with Crippen LogP contribution in [0.1, 0.15) is 68.3 Å². The first-order valence-electron chi connectivity index (χ1n) is 10.7. The van der Waals surface area contributed by atoms with Crippen LogP contribution in [0.5, 0.6) is 0 Å². The van der Waals surface area contributed by atoms with E-state index in [9.17, 15) is 23.1 Å². The zero-order valence-electron chi connectivity index (χ0n) is 18.2. The van der Waals surface area contributed by atoms with Crippen LogP contribution in [-0.2, 0) is 22.9 Å². The molecule has 1 saturated heterocycles. The average Bonchev–Trinajstić information content (AvgIpc) is 2.68. The molecule has 1 aliphatic rings. The first kappa shape index (κ1) is 23.3. The number of halogens is 3. The fraction of sp³-hybridized carbons (Fsp3) is 0.480. The van der Waals surface area contributed by atoms with E-state index in [2.05, 4.69) is 49.9 Å². The molecular weight excluding hydrogens is 403 g/mol. The minimum Gasteiger partial charge on any atom is -0.481 e. The van der Waals surface area contributed by atoms with Crippen molar-refractivity contribution in [1.29, 1.82) is 0 Å². The zero-order valence-corrected chi connectivity index (χ0v) is 18.2. The second-order valence-corrected chi connectivity index (χ2v) is 9.54. The van der Waals surface area contributed by atoms with Crippen molar-refractivity contribution in [3.8, 4) is 0 Å². The van der Waals surface area contributed by atoms with Gasteiger partial charge in [-0.05, 0) is 59.5 Å². The van der Waals surface area contributed by atoms with Crippen LogP contribution in [0.4, 0.5) is 13.2 Å². The van der Waals surface area contributed by atoms with E-state index in [0.717, 1.165) is 29.7 Å². The third kappa shape index (κ3) is 6.10. The number of alkyl halides is 3. The number of aliphatic carboxylic acids is 1. The highest BCUT2D eigenvalue weighted by atomic mass is 19.4. The summed E-state index contributed by atoms with van der Waals surface area (Å²) in [6.45, 7) is 7.88. The van der Waals surface area contributed by atoms with E-state index in [4.69, 9.17) is 0 Å². The molecule has 0 aliphatic carbocycles. The van der Waals surface area contributed by atoms with Gasteiger partial charge in [0.25, 0.3) is 0 Å². The standard InChI is InChI=1S/C25H30F3NO2/c1-24(2,3)20-8-4-17(5-9-20)16-29-13-12-18(15-23(30)31)14-22(29)19-6-10-21(11-7-19)25(26,27)28/h4-11,18,22H,12-16H2,1-3H3,(H,30,31)/t18-,22+/m0/s1. The Morgan fingerprint density at radius 3 is 2.10 bits per heavy atom. The van der Waals surface area contributed by atoms with Gasteiger partial charge in [-0.25, -0.2) is 0 Å². The van der Waals surface area contributed by atoms with Crippen LogP contribution in [0.15, 0.2) is 48.5 Å². The Bertz CT molecular complexity index is 883. The zero-order chi connectivity index (χ0) is 22.8. The van der Waals surface area contributed by atoms with E-state index in [0.29, 0.717) is 19.5 Å². The first-order valence-corrected chi connectivity index (χ1v) is 10.7. The molecule has 168 valence electrons. The van der Waals surface area contributed by atoms with Crippen LogP contribution in [0.3, 0.4) is 0 Å². The van der Waals surface area contributed by atoms with Gasteiger partial charge in [-0.1, -0.05) is 57.2 Å². The molecule has 2 aromatic rings. The van der Waals surface area contributed by atoms with Gasteiger partial charge in [0.1, 0.15) is 0 Å². The van der Waals surface area contributed by atoms with Crippen molar-refractivity contribution in [2.24, 2.45) is 5.92 Å². The predicted octanol–water partition coefficient (Wildman–Crippen LogP) is 6.43. The van der Waals surface area contributed by atoms with Crippen molar-refractivity contribution in [2.75, 3.05) is 6.54 Å². The maximum Gasteiger partial charge on any atom is 0.416 e. The van der Waals surface area contributed by atoms with Gasteiger partial charge < -0.3 is 5.11 Å². The number of carboxylic acid groups (broad SMARTS) is 1. The highest BCUT2D eigenvalue weighted by molar-refractivity contribution is 5.67. The Labute approximate surface area is 181 Å². The van der Waals surface area contributed by atoms with Gasteiger partial charge in [-0.15, -0.1) is 0 Å². The molecule has 2 aromatic carbocycles. The molecule has 1 aliphatic heterocycles. The van der Waals surface area contributed by atoms with Gasteiger partial charge in [0.05, 0.1) is 5.56 Å². The smallest absolute Gasteiger partial charge is 0.416 e. The molecule has 3 nitrogen and oxygen atoms in total. The predicted molar refractivity (Wildman–Crippen MR) is 115 cm³/mol. The molecule has 6 heteroatoms. The Morgan fingerprint density at radius 1 is 1.00 bits per heavy atom. The summed E-state index contributed by atoms with van der Waals surface area (Å²) in [4.78, 5) is 13.5. The summed E-state index contributed by atoms with van der Waals surface area (Å²) >= 11 is 0. The lowest BCUT2D eigenvalue weighted by Crippen LogP contribution is -2.37. The minimum absolute atomic E-state index is 0.0179. The summed E-state index contributed by atoms with van der Waals surface area (Å²) < 4.78 is 38.9. The Balaban J connectivity index is 1.82. The number of hydrogen-bond donors (Lipinski definition) is 1. The van der Waals surface area contributed by atoms with Crippen molar-refractivity contribution < 1.29 is 23.1 Å². The molecule has 2 atom stereocenters. The lowest BCUT2D eigenvalue weighted by atomic mass is 9.84. The van der Waals surface area contributed by atoms with Crippen LogP contribution >= 0.6 is 0 Å². The third-order valence-electron chi connectivity index (χ3n) is 6.11. The second kappa shape index (κ2) is 9.03. The van der Waals surface area contributed by atoms with Gasteiger partial charge >= 0.3 is 12.1 Å². The molecule has 1 N–H and O–H groups in total. The Hall–Kier alpha value is -2.34. The van der Waals surface area contributed by atoms with Crippen molar-refractivity contribution in [3.05, 3.63) is 70.8 Å². The summed E-state index contributed by atoms with van der Waals surface area (Å²) in [7, 11) is 0. The third-order valence-corrected chi connectivity index (χ3v) is 6.11. The van der Waals surface area contributed by atoms with Crippen molar-refractivity contribution in [3.63, 3.8) is 0 Å². The summed E-state index contributed by atoms with van der Waals surface area (Å²) in [6, 6.07) is 13.7. The Kier molecular flexibility index (Phi) is 6.79. The lowest BCUT2D eigenvalue weighted by molar-refractivity contribution is -0.139. The van der Waals surface area contributed by atoms with Crippen molar-refractivity contribution in [1.82, 2.24) is 4.90 Å². The monoisotopic (exact) mass is 433 g/mol. The van der Waals surface area contributed by atoms with Crippen molar-refractivity contribution >= 4 is 5.97 Å². The van der Waals surface area contributed by atoms with E-state index in [-0.39, 0.29) is 23.8 Å². The molecule has 1 fully saturated rings. The molecule has 0 aromatic heterocycles. The quantitative estimate of drug-likeness (QED) is 0.591. The number of carbonyl (C=O) groups is 1. The summed E-state index contributed by atoms with van der Waals surface area (Å²) in [5, 5.41) is 9.20. The van der Waals surface area contributed by atoms with Crippen LogP contribution in [0.2, 0.25) is 0 Å².